The molecule has 24 heavy (non-hydrogen) atoms. The summed E-state index contributed by atoms with van der Waals surface area (Å²) >= 11 is 0. The van der Waals surface area contributed by atoms with E-state index in [1.165, 1.54) is 4.90 Å². The highest BCUT2D eigenvalue weighted by atomic mass is 19.3. The number of nitrogens with zero attached hydrogens (tertiary/aromatic N) is 1. The molecule has 5 heteroatoms. The van der Waals surface area contributed by atoms with Crippen LogP contribution in [0.4, 0.5) is 8.78 Å². The van der Waals surface area contributed by atoms with Gasteiger partial charge in [0.1, 0.15) is 5.75 Å². The zero-order valence-corrected chi connectivity index (χ0v) is 13.4. The van der Waals surface area contributed by atoms with Crippen LogP contribution in [0.15, 0.2) is 48.5 Å². The van der Waals surface area contributed by atoms with Gasteiger partial charge in [-0.3, -0.25) is 4.79 Å². The maximum Gasteiger partial charge on any atom is 0.255 e. The summed E-state index contributed by atoms with van der Waals surface area (Å²) in [5.41, 5.74) is 2.09. The quantitative estimate of drug-likeness (QED) is 0.793. The summed E-state index contributed by atoms with van der Waals surface area (Å²) in [6.07, 6.45) is -0.943. The van der Waals surface area contributed by atoms with Gasteiger partial charge in [-0.15, -0.1) is 0 Å². The minimum atomic E-state index is -2.53. The Balaban J connectivity index is 1.95. The molecule has 3 nitrogen and oxygen atoms in total. The monoisotopic (exact) mass is 331 g/mol. The van der Waals surface area contributed by atoms with Crippen LogP contribution in [0.3, 0.4) is 0 Å². The first-order valence-corrected chi connectivity index (χ1v) is 7.92. The van der Waals surface area contributed by atoms with Gasteiger partial charge in [-0.1, -0.05) is 30.3 Å². The zero-order chi connectivity index (χ0) is 17.1. The molecular weight excluding hydrogens is 312 g/mol. The number of carbonyl (C=O) groups is 1. The number of carbonyl (C=O) groups excluding carboxylic acids is 1. The molecule has 0 saturated heterocycles. The molecular formula is C19H19F2NO2. The zero-order valence-electron chi connectivity index (χ0n) is 13.4. The van der Waals surface area contributed by atoms with Crippen molar-refractivity contribution in [3.63, 3.8) is 0 Å². The number of hydrogen-bond donors (Lipinski definition) is 0. The first-order chi connectivity index (χ1) is 11.6. The molecule has 1 saturated carbocycles. The van der Waals surface area contributed by atoms with E-state index in [0.717, 1.165) is 24.0 Å². The van der Waals surface area contributed by atoms with Gasteiger partial charge in [-0.2, -0.15) is 0 Å². The van der Waals surface area contributed by atoms with E-state index < -0.39 is 13.0 Å². The summed E-state index contributed by atoms with van der Waals surface area (Å²) in [6, 6.07) is 14.5. The first kappa shape index (κ1) is 16.4. The number of halogens is 2. The molecule has 1 fully saturated rings. The van der Waals surface area contributed by atoms with Crippen LogP contribution in [0, 0.1) is 0 Å². The molecule has 1 aliphatic rings. The smallest absolute Gasteiger partial charge is 0.255 e. The molecule has 0 radical (unpaired) electrons. The van der Waals surface area contributed by atoms with Gasteiger partial charge in [0.2, 0.25) is 0 Å². The van der Waals surface area contributed by atoms with Crippen molar-refractivity contribution in [3.05, 3.63) is 54.1 Å². The van der Waals surface area contributed by atoms with Gasteiger partial charge < -0.3 is 9.64 Å². The van der Waals surface area contributed by atoms with Gasteiger partial charge >= 0.3 is 0 Å². The Kier molecular flexibility index (Phi) is 4.79. The van der Waals surface area contributed by atoms with Crippen LogP contribution >= 0.6 is 0 Å². The Morgan fingerprint density at radius 1 is 1.21 bits per heavy atom. The number of rotatable bonds is 6. The van der Waals surface area contributed by atoms with E-state index >= 15 is 0 Å². The van der Waals surface area contributed by atoms with Crippen LogP contribution in [-0.4, -0.2) is 36.9 Å². The molecule has 126 valence electrons. The van der Waals surface area contributed by atoms with Crippen molar-refractivity contribution in [1.29, 1.82) is 0 Å². The Labute approximate surface area is 139 Å². The lowest BCUT2D eigenvalue weighted by atomic mass is 10.0. The highest BCUT2D eigenvalue weighted by molar-refractivity contribution is 5.96. The van der Waals surface area contributed by atoms with Crippen LogP contribution in [0.5, 0.6) is 5.75 Å². The Morgan fingerprint density at radius 2 is 1.92 bits per heavy atom. The SMILES string of the molecule is COc1ccc(C(=O)N(CC(F)F)C2CC2)cc1-c1ccccc1. The maximum atomic E-state index is 12.8. The van der Waals surface area contributed by atoms with Crippen molar-refractivity contribution < 1.29 is 18.3 Å². The van der Waals surface area contributed by atoms with Crippen molar-refractivity contribution in [2.45, 2.75) is 25.3 Å². The molecule has 1 aliphatic carbocycles. The second-order valence-electron chi connectivity index (χ2n) is 5.86. The third-order valence-corrected chi connectivity index (χ3v) is 4.11. The summed E-state index contributed by atoms with van der Waals surface area (Å²) in [4.78, 5) is 14.0. The van der Waals surface area contributed by atoms with Gasteiger partial charge in [0.05, 0.1) is 13.7 Å². The molecule has 0 spiro atoms. The van der Waals surface area contributed by atoms with Gasteiger partial charge in [-0.05, 0) is 36.6 Å². The Bertz CT molecular complexity index is 715. The summed E-state index contributed by atoms with van der Waals surface area (Å²) in [5, 5.41) is 0. The third-order valence-electron chi connectivity index (χ3n) is 4.11. The number of ether oxygens (including phenoxy) is 1. The molecule has 0 N–H and O–H groups in total. The Morgan fingerprint density at radius 3 is 2.50 bits per heavy atom. The number of amides is 1. The molecule has 0 atom stereocenters. The predicted molar refractivity (Wildman–Crippen MR) is 88.5 cm³/mol. The molecule has 2 aromatic rings. The molecule has 2 aromatic carbocycles. The van der Waals surface area contributed by atoms with Crippen LogP contribution < -0.4 is 4.74 Å². The molecule has 0 heterocycles. The summed E-state index contributed by atoms with van der Waals surface area (Å²) < 4.78 is 31.0. The van der Waals surface area contributed by atoms with Gasteiger partial charge in [0.15, 0.2) is 0 Å². The molecule has 0 aromatic heterocycles. The fourth-order valence-electron chi connectivity index (χ4n) is 2.78. The van der Waals surface area contributed by atoms with E-state index in [-0.39, 0.29) is 11.9 Å². The lowest BCUT2D eigenvalue weighted by Gasteiger charge is -2.22. The van der Waals surface area contributed by atoms with Crippen molar-refractivity contribution >= 4 is 5.91 Å². The van der Waals surface area contributed by atoms with Crippen LogP contribution in [0.25, 0.3) is 11.1 Å². The van der Waals surface area contributed by atoms with Gasteiger partial charge in [0, 0.05) is 17.2 Å². The van der Waals surface area contributed by atoms with E-state index in [9.17, 15) is 13.6 Å². The van der Waals surface area contributed by atoms with Crippen LogP contribution in [0.1, 0.15) is 23.2 Å². The number of hydrogen-bond acceptors (Lipinski definition) is 2. The molecule has 0 unspecified atom stereocenters. The van der Waals surface area contributed by atoms with Crippen LogP contribution in [0.2, 0.25) is 0 Å². The molecule has 3 rings (SSSR count). The average Bonchev–Trinajstić information content (AvgIpc) is 3.44. The minimum Gasteiger partial charge on any atom is -0.496 e. The standard InChI is InChI=1S/C19H19F2NO2/c1-24-17-10-7-14(11-16(17)13-5-3-2-4-6-13)19(23)22(12-18(20)21)15-8-9-15/h2-7,10-11,15,18H,8-9,12H2,1H3. The fourth-order valence-corrected chi connectivity index (χ4v) is 2.78. The first-order valence-electron chi connectivity index (χ1n) is 7.92. The number of methoxy groups -OCH3 is 1. The van der Waals surface area contributed by atoms with Gasteiger partial charge in [0.25, 0.3) is 12.3 Å². The van der Waals surface area contributed by atoms with Gasteiger partial charge in [-0.25, -0.2) is 8.78 Å². The van der Waals surface area contributed by atoms with Crippen molar-refractivity contribution in [2.24, 2.45) is 0 Å². The topological polar surface area (TPSA) is 29.5 Å². The minimum absolute atomic E-state index is 0.0613. The highest BCUT2D eigenvalue weighted by Crippen LogP contribution is 2.33. The fraction of sp³-hybridized carbons (Fsp3) is 0.316. The molecule has 0 bridgehead atoms. The van der Waals surface area contributed by atoms with E-state index in [4.69, 9.17) is 4.74 Å². The largest absolute Gasteiger partial charge is 0.496 e. The molecule has 0 aliphatic heterocycles. The van der Waals surface area contributed by atoms with Crippen molar-refractivity contribution in [1.82, 2.24) is 4.90 Å². The van der Waals surface area contributed by atoms with Crippen molar-refractivity contribution in [2.75, 3.05) is 13.7 Å². The van der Waals surface area contributed by atoms with E-state index in [1.54, 1.807) is 25.3 Å². The van der Waals surface area contributed by atoms with E-state index in [1.807, 2.05) is 30.3 Å². The van der Waals surface area contributed by atoms with E-state index in [2.05, 4.69) is 0 Å². The maximum absolute atomic E-state index is 12.8. The van der Waals surface area contributed by atoms with Crippen LogP contribution in [-0.2, 0) is 0 Å². The number of alkyl halides is 2. The summed E-state index contributed by atoms with van der Waals surface area (Å²) in [7, 11) is 1.57. The highest BCUT2D eigenvalue weighted by Gasteiger charge is 2.34. The lowest BCUT2D eigenvalue weighted by Crippen LogP contribution is -2.36. The summed E-state index contributed by atoms with van der Waals surface area (Å²) in [6.45, 7) is -0.518. The predicted octanol–water partition coefficient (Wildman–Crippen LogP) is 4.23. The van der Waals surface area contributed by atoms with E-state index in [0.29, 0.717) is 11.3 Å². The third kappa shape index (κ3) is 3.55. The normalized spacial score (nSPS) is 13.8. The average molecular weight is 331 g/mol. The second-order valence-corrected chi connectivity index (χ2v) is 5.86. The second kappa shape index (κ2) is 6.99. The lowest BCUT2D eigenvalue weighted by molar-refractivity contribution is 0.0534. The number of benzene rings is 2. The summed E-state index contributed by atoms with van der Waals surface area (Å²) in [5.74, 6) is 0.294. The Hall–Kier alpha value is -2.43. The molecule has 1 amide bonds. The van der Waals surface area contributed by atoms with Crippen molar-refractivity contribution in [3.8, 4) is 16.9 Å².